The van der Waals surface area contributed by atoms with E-state index in [1.165, 1.54) is 6.33 Å². The molecule has 1 saturated heterocycles. The van der Waals surface area contributed by atoms with E-state index in [4.69, 9.17) is 10.6 Å². The van der Waals surface area contributed by atoms with Crippen LogP contribution >= 0.6 is 0 Å². The van der Waals surface area contributed by atoms with Crippen molar-refractivity contribution in [1.82, 2.24) is 15.4 Å². The Balaban J connectivity index is 2.12. The summed E-state index contributed by atoms with van der Waals surface area (Å²) in [4.78, 5) is 8.06. The minimum atomic E-state index is 0.0699. The van der Waals surface area contributed by atoms with Gasteiger partial charge in [0.05, 0.1) is 18.3 Å². The van der Waals surface area contributed by atoms with Crippen molar-refractivity contribution < 1.29 is 4.74 Å². The van der Waals surface area contributed by atoms with Crippen LogP contribution < -0.4 is 11.3 Å². The maximum atomic E-state index is 5.52. The van der Waals surface area contributed by atoms with Crippen LogP contribution in [-0.2, 0) is 4.74 Å². The monoisotopic (exact) mass is 194 g/mol. The summed E-state index contributed by atoms with van der Waals surface area (Å²) in [5.41, 5.74) is 3.72. The molecule has 14 heavy (non-hydrogen) atoms. The Morgan fingerprint density at radius 1 is 1.64 bits per heavy atom. The van der Waals surface area contributed by atoms with Gasteiger partial charge in [-0.05, 0) is 12.5 Å². The highest BCUT2D eigenvalue weighted by Crippen LogP contribution is 2.26. The third-order valence-electron chi connectivity index (χ3n) is 2.54. The van der Waals surface area contributed by atoms with Crippen LogP contribution in [0.5, 0.6) is 0 Å². The number of nitrogens with zero attached hydrogens (tertiary/aromatic N) is 2. The fourth-order valence-corrected chi connectivity index (χ4v) is 1.76. The zero-order valence-corrected chi connectivity index (χ0v) is 7.89. The Labute approximate surface area is 82.7 Å². The van der Waals surface area contributed by atoms with Crippen molar-refractivity contribution in [2.24, 2.45) is 11.8 Å². The van der Waals surface area contributed by atoms with Gasteiger partial charge in [-0.15, -0.1) is 0 Å². The van der Waals surface area contributed by atoms with E-state index in [1.54, 1.807) is 6.20 Å². The quantitative estimate of drug-likeness (QED) is 0.524. The van der Waals surface area contributed by atoms with Gasteiger partial charge < -0.3 is 4.74 Å². The minimum Gasteiger partial charge on any atom is -0.381 e. The lowest BCUT2D eigenvalue weighted by molar-refractivity contribution is 0.176. The lowest BCUT2D eigenvalue weighted by Gasteiger charge is -2.20. The molecule has 1 fully saturated rings. The van der Waals surface area contributed by atoms with Crippen LogP contribution in [0.25, 0.3) is 0 Å². The molecule has 76 valence electrons. The van der Waals surface area contributed by atoms with Gasteiger partial charge in [-0.1, -0.05) is 0 Å². The summed E-state index contributed by atoms with van der Waals surface area (Å²) in [6.45, 7) is 1.56. The van der Waals surface area contributed by atoms with E-state index in [9.17, 15) is 0 Å². The summed E-state index contributed by atoms with van der Waals surface area (Å²) in [5, 5.41) is 0. The number of hydrogen-bond donors (Lipinski definition) is 2. The van der Waals surface area contributed by atoms with E-state index >= 15 is 0 Å². The second-order valence-electron chi connectivity index (χ2n) is 3.40. The van der Waals surface area contributed by atoms with E-state index in [1.807, 2.05) is 6.07 Å². The first-order valence-corrected chi connectivity index (χ1v) is 4.71. The maximum absolute atomic E-state index is 5.52. The van der Waals surface area contributed by atoms with E-state index < -0.39 is 0 Å². The van der Waals surface area contributed by atoms with Gasteiger partial charge in [0.15, 0.2) is 0 Å². The lowest BCUT2D eigenvalue weighted by Crippen LogP contribution is -2.34. The van der Waals surface area contributed by atoms with Crippen LogP contribution in [0.15, 0.2) is 18.6 Å². The predicted octanol–water partition coefficient (Wildman–Crippen LogP) is 0.0175. The van der Waals surface area contributed by atoms with Gasteiger partial charge in [0.25, 0.3) is 0 Å². The van der Waals surface area contributed by atoms with Crippen molar-refractivity contribution in [3.63, 3.8) is 0 Å². The van der Waals surface area contributed by atoms with Crippen molar-refractivity contribution in [1.29, 1.82) is 0 Å². The van der Waals surface area contributed by atoms with Crippen molar-refractivity contribution in [2.75, 3.05) is 13.2 Å². The summed E-state index contributed by atoms with van der Waals surface area (Å²) in [5.74, 6) is 5.93. The second kappa shape index (κ2) is 4.45. The number of ether oxygens (including phenoxy) is 1. The van der Waals surface area contributed by atoms with Crippen LogP contribution in [0.4, 0.5) is 0 Å². The molecule has 0 aliphatic carbocycles. The third-order valence-corrected chi connectivity index (χ3v) is 2.54. The normalized spacial score (nSPS) is 23.6. The molecule has 0 saturated carbocycles. The molecule has 0 bridgehead atoms. The first kappa shape index (κ1) is 9.51. The molecule has 1 aliphatic rings. The maximum Gasteiger partial charge on any atom is 0.115 e. The number of nitrogens with two attached hydrogens (primary N) is 1. The molecular formula is C9H14N4O. The largest absolute Gasteiger partial charge is 0.381 e. The van der Waals surface area contributed by atoms with Crippen LogP contribution in [0.2, 0.25) is 0 Å². The Morgan fingerprint density at radius 2 is 2.57 bits per heavy atom. The average molecular weight is 194 g/mol. The lowest BCUT2D eigenvalue weighted by atomic mass is 9.97. The molecule has 1 aromatic rings. The van der Waals surface area contributed by atoms with Gasteiger partial charge in [0.1, 0.15) is 6.33 Å². The molecule has 5 heteroatoms. The summed E-state index contributed by atoms with van der Waals surface area (Å²) in [6, 6.07) is 1.95. The second-order valence-corrected chi connectivity index (χ2v) is 3.40. The third kappa shape index (κ3) is 1.89. The van der Waals surface area contributed by atoms with Gasteiger partial charge in [0.2, 0.25) is 0 Å². The van der Waals surface area contributed by atoms with E-state index in [0.717, 1.165) is 25.3 Å². The van der Waals surface area contributed by atoms with Crippen LogP contribution in [-0.4, -0.2) is 23.2 Å². The smallest absolute Gasteiger partial charge is 0.115 e. The van der Waals surface area contributed by atoms with Gasteiger partial charge in [-0.3, -0.25) is 11.3 Å². The number of hydrazine groups is 1. The molecular weight excluding hydrogens is 180 g/mol. The Morgan fingerprint density at radius 3 is 3.14 bits per heavy atom. The van der Waals surface area contributed by atoms with Crippen LogP contribution in [0.3, 0.4) is 0 Å². The fourth-order valence-electron chi connectivity index (χ4n) is 1.76. The zero-order chi connectivity index (χ0) is 9.80. The molecule has 3 N–H and O–H groups in total. The molecule has 1 aliphatic heterocycles. The van der Waals surface area contributed by atoms with Crippen molar-refractivity contribution in [3.05, 3.63) is 24.3 Å². The Kier molecular flexibility index (Phi) is 3.03. The summed E-state index contributed by atoms with van der Waals surface area (Å²) < 4.78 is 5.32. The van der Waals surface area contributed by atoms with Gasteiger partial charge >= 0.3 is 0 Å². The summed E-state index contributed by atoms with van der Waals surface area (Å²) in [7, 11) is 0. The number of aromatic nitrogens is 2. The first-order chi connectivity index (χ1) is 6.92. The van der Waals surface area contributed by atoms with Gasteiger partial charge in [0, 0.05) is 18.7 Å². The molecule has 2 heterocycles. The molecule has 5 nitrogen and oxygen atoms in total. The molecule has 0 aromatic carbocycles. The molecule has 1 aromatic heterocycles. The number of rotatable bonds is 3. The molecule has 0 amide bonds. The molecule has 2 rings (SSSR count). The molecule has 0 spiro atoms. The van der Waals surface area contributed by atoms with E-state index in [0.29, 0.717) is 5.92 Å². The zero-order valence-electron chi connectivity index (χ0n) is 7.89. The fraction of sp³-hybridized carbons (Fsp3) is 0.556. The standard InChI is InChI=1S/C9H14N4O/c10-13-9(7-2-4-14-5-7)8-1-3-11-6-12-8/h1,3,6-7,9,13H,2,4-5,10H2. The van der Waals surface area contributed by atoms with Crippen LogP contribution in [0, 0.1) is 5.92 Å². The van der Waals surface area contributed by atoms with Gasteiger partial charge in [-0.2, -0.15) is 0 Å². The predicted molar refractivity (Wildman–Crippen MR) is 51.0 cm³/mol. The summed E-state index contributed by atoms with van der Waals surface area (Å²) in [6.07, 6.45) is 4.29. The average Bonchev–Trinajstić information content (AvgIpc) is 2.74. The van der Waals surface area contributed by atoms with Crippen LogP contribution in [0.1, 0.15) is 18.2 Å². The Hall–Kier alpha value is -1.04. The summed E-state index contributed by atoms with van der Waals surface area (Å²) >= 11 is 0. The number of hydrogen-bond acceptors (Lipinski definition) is 5. The topological polar surface area (TPSA) is 73.1 Å². The highest BCUT2D eigenvalue weighted by molar-refractivity contribution is 5.06. The molecule has 2 atom stereocenters. The molecule has 2 unspecified atom stereocenters. The minimum absolute atomic E-state index is 0.0699. The highest BCUT2D eigenvalue weighted by atomic mass is 16.5. The van der Waals surface area contributed by atoms with Crippen molar-refractivity contribution in [3.8, 4) is 0 Å². The SMILES string of the molecule is NNC(c1ccncn1)C1CCOC1. The van der Waals surface area contributed by atoms with E-state index in [2.05, 4.69) is 15.4 Å². The molecule has 0 radical (unpaired) electrons. The highest BCUT2D eigenvalue weighted by Gasteiger charge is 2.26. The Bertz CT molecular complexity index is 273. The number of nitrogens with one attached hydrogen (secondary N) is 1. The van der Waals surface area contributed by atoms with E-state index in [-0.39, 0.29) is 6.04 Å². The van der Waals surface area contributed by atoms with Gasteiger partial charge in [-0.25, -0.2) is 9.97 Å². The van der Waals surface area contributed by atoms with Crippen molar-refractivity contribution >= 4 is 0 Å². The van der Waals surface area contributed by atoms with Crippen molar-refractivity contribution in [2.45, 2.75) is 12.5 Å². The first-order valence-electron chi connectivity index (χ1n) is 4.71.